The molecule has 5 rings (SSSR count). The standard InChI is InChI=1S/C37H39F2NO6/c1-44-34-10-5-9-31(25-34)37(43,35(41)45-26-27-7-3-2-4-8-27)46-24-6-21-40-22-19-30(20-23-40)36(42,28-11-15-32(38)16-12-28)29-13-17-33(39)18-14-29/h2-5,7-18,25,30,42-43H,6,19-24,26H2,1H3. The van der Waals surface area contributed by atoms with E-state index < -0.39 is 29.0 Å². The Morgan fingerprint density at radius 3 is 2.02 bits per heavy atom. The molecule has 46 heavy (non-hydrogen) atoms. The Hall–Kier alpha value is -4.15. The Labute approximate surface area is 268 Å². The van der Waals surface area contributed by atoms with E-state index in [-0.39, 0.29) is 24.7 Å². The summed E-state index contributed by atoms with van der Waals surface area (Å²) in [6.45, 7) is 2.03. The summed E-state index contributed by atoms with van der Waals surface area (Å²) in [5.74, 6) is -3.79. The van der Waals surface area contributed by atoms with E-state index in [4.69, 9.17) is 14.2 Å². The molecule has 1 atom stereocenters. The van der Waals surface area contributed by atoms with E-state index in [0.717, 1.165) is 5.56 Å². The van der Waals surface area contributed by atoms with Gasteiger partial charge in [-0.1, -0.05) is 66.7 Å². The molecule has 2 N–H and O–H groups in total. The van der Waals surface area contributed by atoms with Gasteiger partial charge in [0.15, 0.2) is 0 Å². The normalized spacial score (nSPS) is 15.7. The van der Waals surface area contributed by atoms with Crippen molar-refractivity contribution in [3.05, 3.63) is 137 Å². The predicted molar refractivity (Wildman–Crippen MR) is 169 cm³/mol. The fraction of sp³-hybridized carbons (Fsp3) is 0.324. The fourth-order valence-electron chi connectivity index (χ4n) is 6.04. The third-order valence-electron chi connectivity index (χ3n) is 8.63. The topological polar surface area (TPSA) is 88.5 Å². The van der Waals surface area contributed by atoms with Gasteiger partial charge < -0.3 is 29.3 Å². The number of halogens is 2. The van der Waals surface area contributed by atoms with Gasteiger partial charge in [-0.05, 0) is 91.4 Å². The minimum absolute atomic E-state index is 0.0214. The number of hydrogen-bond acceptors (Lipinski definition) is 7. The first-order valence-corrected chi connectivity index (χ1v) is 15.4. The minimum atomic E-state index is -2.34. The molecule has 0 saturated carbocycles. The van der Waals surface area contributed by atoms with Crippen LogP contribution >= 0.6 is 0 Å². The van der Waals surface area contributed by atoms with Crippen molar-refractivity contribution in [3.8, 4) is 5.75 Å². The first kappa shape index (κ1) is 33.2. The lowest BCUT2D eigenvalue weighted by molar-refractivity contribution is -0.236. The Bertz CT molecular complexity index is 1510. The highest BCUT2D eigenvalue weighted by molar-refractivity contribution is 5.79. The summed E-state index contributed by atoms with van der Waals surface area (Å²) in [6, 6.07) is 27.3. The van der Waals surface area contributed by atoms with Crippen molar-refractivity contribution in [1.29, 1.82) is 0 Å². The summed E-state index contributed by atoms with van der Waals surface area (Å²) in [4.78, 5) is 15.5. The zero-order chi connectivity index (χ0) is 32.6. The van der Waals surface area contributed by atoms with E-state index in [1.807, 2.05) is 30.3 Å². The van der Waals surface area contributed by atoms with E-state index >= 15 is 0 Å². The van der Waals surface area contributed by atoms with E-state index in [9.17, 15) is 23.8 Å². The van der Waals surface area contributed by atoms with Gasteiger partial charge in [0.2, 0.25) is 0 Å². The number of carbonyl (C=O) groups excluding carboxylic acids is 1. The lowest BCUT2D eigenvalue weighted by atomic mass is 9.72. The van der Waals surface area contributed by atoms with Gasteiger partial charge in [0.05, 0.1) is 13.7 Å². The first-order valence-electron chi connectivity index (χ1n) is 15.4. The second kappa shape index (κ2) is 15.0. The third-order valence-corrected chi connectivity index (χ3v) is 8.63. The molecule has 0 aliphatic carbocycles. The van der Waals surface area contributed by atoms with E-state index in [1.54, 1.807) is 42.5 Å². The predicted octanol–water partition coefficient (Wildman–Crippen LogP) is 5.92. The molecule has 1 fully saturated rings. The smallest absolute Gasteiger partial charge is 0.372 e. The van der Waals surface area contributed by atoms with Gasteiger partial charge in [0.25, 0.3) is 5.79 Å². The number of benzene rings is 4. The number of ether oxygens (including phenoxy) is 3. The molecule has 4 aromatic rings. The number of nitrogens with zero attached hydrogens (tertiary/aromatic N) is 1. The Morgan fingerprint density at radius 2 is 1.43 bits per heavy atom. The third kappa shape index (κ3) is 7.62. The lowest BCUT2D eigenvalue weighted by Gasteiger charge is -2.42. The largest absolute Gasteiger partial charge is 0.497 e. The molecule has 1 unspecified atom stereocenters. The van der Waals surface area contributed by atoms with Crippen LogP contribution in [0.3, 0.4) is 0 Å². The van der Waals surface area contributed by atoms with Crippen LogP contribution in [0.1, 0.15) is 41.5 Å². The van der Waals surface area contributed by atoms with Crippen molar-refractivity contribution in [2.75, 3.05) is 33.4 Å². The van der Waals surface area contributed by atoms with Crippen LogP contribution in [0.5, 0.6) is 5.75 Å². The van der Waals surface area contributed by atoms with Crippen LogP contribution < -0.4 is 4.74 Å². The first-order chi connectivity index (χ1) is 22.2. The summed E-state index contributed by atoms with van der Waals surface area (Å²) in [5.41, 5.74) is 0.681. The number of aliphatic hydroxyl groups is 2. The number of piperidine rings is 1. The number of rotatable bonds is 13. The number of carbonyl (C=O) groups is 1. The average Bonchev–Trinajstić information content (AvgIpc) is 3.10. The summed E-state index contributed by atoms with van der Waals surface area (Å²) in [6.07, 6.45) is 1.81. The molecular formula is C37H39F2NO6. The molecular weight excluding hydrogens is 592 g/mol. The van der Waals surface area contributed by atoms with Crippen LogP contribution in [0.4, 0.5) is 8.78 Å². The van der Waals surface area contributed by atoms with Crippen molar-refractivity contribution < 1.29 is 38.0 Å². The SMILES string of the molecule is COc1cccc(C(O)(OCCCN2CCC(C(O)(c3ccc(F)cc3)c3ccc(F)cc3)CC2)C(=O)OCc2ccccc2)c1. The zero-order valence-corrected chi connectivity index (χ0v) is 25.8. The highest BCUT2D eigenvalue weighted by Gasteiger charge is 2.43. The maximum absolute atomic E-state index is 13.7. The molecule has 1 heterocycles. The Kier molecular flexibility index (Phi) is 10.8. The maximum Gasteiger partial charge on any atom is 0.372 e. The summed E-state index contributed by atoms with van der Waals surface area (Å²) in [5, 5.41) is 23.6. The van der Waals surface area contributed by atoms with Crippen LogP contribution in [0.2, 0.25) is 0 Å². The maximum atomic E-state index is 13.7. The van der Waals surface area contributed by atoms with E-state index in [2.05, 4.69) is 4.90 Å². The Morgan fingerprint density at radius 1 is 0.826 bits per heavy atom. The molecule has 0 spiro atoms. The van der Waals surface area contributed by atoms with Crippen LogP contribution in [-0.4, -0.2) is 54.4 Å². The van der Waals surface area contributed by atoms with Crippen molar-refractivity contribution in [2.45, 2.75) is 37.3 Å². The van der Waals surface area contributed by atoms with Crippen LogP contribution in [0, 0.1) is 17.6 Å². The second-order valence-electron chi connectivity index (χ2n) is 11.5. The van der Waals surface area contributed by atoms with E-state index in [1.165, 1.54) is 37.4 Å². The molecule has 4 aromatic carbocycles. The van der Waals surface area contributed by atoms with Gasteiger partial charge in [-0.2, -0.15) is 0 Å². The van der Waals surface area contributed by atoms with Gasteiger partial charge in [-0.3, -0.25) is 0 Å². The fourth-order valence-corrected chi connectivity index (χ4v) is 6.04. The molecule has 1 aliphatic heterocycles. The van der Waals surface area contributed by atoms with Crippen molar-refractivity contribution >= 4 is 5.97 Å². The quantitative estimate of drug-likeness (QED) is 0.108. The van der Waals surface area contributed by atoms with Crippen molar-refractivity contribution in [2.24, 2.45) is 5.92 Å². The van der Waals surface area contributed by atoms with Gasteiger partial charge in [0, 0.05) is 12.1 Å². The zero-order valence-electron chi connectivity index (χ0n) is 25.8. The summed E-state index contributed by atoms with van der Waals surface area (Å²) in [7, 11) is 1.50. The van der Waals surface area contributed by atoms with Gasteiger partial charge in [0.1, 0.15) is 29.6 Å². The van der Waals surface area contributed by atoms with Crippen LogP contribution in [-0.2, 0) is 32.3 Å². The second-order valence-corrected chi connectivity index (χ2v) is 11.5. The Balaban J connectivity index is 1.21. The number of methoxy groups -OCH3 is 1. The molecule has 1 saturated heterocycles. The molecule has 7 nitrogen and oxygen atoms in total. The lowest BCUT2D eigenvalue weighted by Crippen LogP contribution is -2.45. The number of likely N-dealkylation sites (tertiary alicyclic amines) is 1. The molecule has 9 heteroatoms. The monoisotopic (exact) mass is 631 g/mol. The van der Waals surface area contributed by atoms with Crippen molar-refractivity contribution in [3.63, 3.8) is 0 Å². The summed E-state index contributed by atoms with van der Waals surface area (Å²) < 4.78 is 44.1. The van der Waals surface area contributed by atoms with Crippen LogP contribution in [0.25, 0.3) is 0 Å². The average molecular weight is 632 g/mol. The highest BCUT2D eigenvalue weighted by atomic mass is 19.1. The molecule has 1 aliphatic rings. The van der Waals surface area contributed by atoms with Gasteiger partial charge >= 0.3 is 5.97 Å². The number of hydrogen-bond donors (Lipinski definition) is 2. The molecule has 0 bridgehead atoms. The molecule has 0 radical (unpaired) electrons. The van der Waals surface area contributed by atoms with E-state index in [0.29, 0.717) is 55.8 Å². The summed E-state index contributed by atoms with van der Waals surface area (Å²) >= 11 is 0. The molecule has 0 amide bonds. The minimum Gasteiger partial charge on any atom is -0.497 e. The molecule has 0 aromatic heterocycles. The molecule has 242 valence electrons. The van der Waals surface area contributed by atoms with Gasteiger partial charge in [-0.25, -0.2) is 13.6 Å². The number of esters is 1. The van der Waals surface area contributed by atoms with Crippen LogP contribution in [0.15, 0.2) is 103 Å². The van der Waals surface area contributed by atoms with Gasteiger partial charge in [-0.15, -0.1) is 0 Å². The van der Waals surface area contributed by atoms with Crippen molar-refractivity contribution in [1.82, 2.24) is 4.90 Å². The highest BCUT2D eigenvalue weighted by Crippen LogP contribution is 2.42.